The molecule has 2 fully saturated rings. The molecule has 3 aliphatic rings. The van der Waals surface area contributed by atoms with E-state index in [9.17, 15) is 14.7 Å². The SMILES string of the molecule is O=C(O)C1CC2CCCCC2N1C(=O)c1ccc2c(c1)COC2. The Morgan fingerprint density at radius 3 is 2.74 bits per heavy atom. The van der Waals surface area contributed by atoms with Gasteiger partial charge in [-0.25, -0.2) is 4.79 Å². The number of likely N-dealkylation sites (tertiary alicyclic amines) is 1. The van der Waals surface area contributed by atoms with Crippen LogP contribution in [0.3, 0.4) is 0 Å². The van der Waals surface area contributed by atoms with Crippen LogP contribution >= 0.6 is 0 Å². The molecule has 23 heavy (non-hydrogen) atoms. The zero-order chi connectivity index (χ0) is 16.0. The van der Waals surface area contributed by atoms with Crippen molar-refractivity contribution in [2.75, 3.05) is 0 Å². The van der Waals surface area contributed by atoms with E-state index in [1.54, 1.807) is 4.90 Å². The molecule has 1 aromatic carbocycles. The van der Waals surface area contributed by atoms with Crippen LogP contribution in [-0.4, -0.2) is 34.0 Å². The highest BCUT2D eigenvalue weighted by Crippen LogP contribution is 2.40. The number of ether oxygens (including phenoxy) is 1. The molecule has 3 atom stereocenters. The second-order valence-corrected chi connectivity index (χ2v) is 6.89. The third kappa shape index (κ3) is 2.43. The molecule has 0 bridgehead atoms. The van der Waals surface area contributed by atoms with Crippen LogP contribution in [0, 0.1) is 5.92 Å². The van der Waals surface area contributed by atoms with Gasteiger partial charge in [-0.3, -0.25) is 4.79 Å². The minimum Gasteiger partial charge on any atom is -0.480 e. The number of fused-ring (bicyclic) bond motifs is 2. The van der Waals surface area contributed by atoms with E-state index in [-0.39, 0.29) is 11.9 Å². The van der Waals surface area contributed by atoms with Gasteiger partial charge in [0.1, 0.15) is 6.04 Å². The maximum Gasteiger partial charge on any atom is 0.326 e. The Morgan fingerprint density at radius 1 is 1.13 bits per heavy atom. The van der Waals surface area contributed by atoms with Crippen molar-refractivity contribution >= 4 is 11.9 Å². The number of hydrogen-bond acceptors (Lipinski definition) is 3. The number of carboxylic acids is 1. The summed E-state index contributed by atoms with van der Waals surface area (Å²) in [4.78, 5) is 26.4. The molecule has 1 saturated heterocycles. The zero-order valence-electron chi connectivity index (χ0n) is 13.0. The fraction of sp³-hybridized carbons (Fsp3) is 0.556. The summed E-state index contributed by atoms with van der Waals surface area (Å²) >= 11 is 0. The molecule has 122 valence electrons. The standard InChI is InChI=1S/C18H21NO4/c20-17(12-5-6-13-9-23-10-14(13)7-12)19-15-4-2-1-3-11(15)8-16(19)18(21)22/h5-7,11,15-16H,1-4,8-10H2,(H,21,22). The van der Waals surface area contributed by atoms with Gasteiger partial charge in [-0.15, -0.1) is 0 Å². The monoisotopic (exact) mass is 315 g/mol. The summed E-state index contributed by atoms with van der Waals surface area (Å²) in [6.45, 7) is 1.13. The number of hydrogen-bond donors (Lipinski definition) is 1. The second kappa shape index (κ2) is 5.64. The molecule has 1 aromatic rings. The highest BCUT2D eigenvalue weighted by Gasteiger charge is 2.47. The van der Waals surface area contributed by atoms with Crippen LogP contribution in [0.1, 0.15) is 53.6 Å². The Morgan fingerprint density at radius 2 is 1.91 bits per heavy atom. The fourth-order valence-corrected chi connectivity index (χ4v) is 4.43. The number of nitrogens with zero attached hydrogens (tertiary/aromatic N) is 1. The Labute approximate surface area is 135 Å². The first-order valence-electron chi connectivity index (χ1n) is 8.40. The van der Waals surface area contributed by atoms with E-state index in [4.69, 9.17) is 4.74 Å². The molecule has 3 unspecified atom stereocenters. The second-order valence-electron chi connectivity index (χ2n) is 6.89. The van der Waals surface area contributed by atoms with Crippen LogP contribution < -0.4 is 0 Å². The summed E-state index contributed by atoms with van der Waals surface area (Å²) in [7, 11) is 0. The van der Waals surface area contributed by atoms with Crippen LogP contribution in [0.2, 0.25) is 0 Å². The lowest BCUT2D eigenvalue weighted by Crippen LogP contribution is -2.46. The van der Waals surface area contributed by atoms with E-state index < -0.39 is 12.0 Å². The van der Waals surface area contributed by atoms with Crippen molar-refractivity contribution in [3.8, 4) is 0 Å². The lowest BCUT2D eigenvalue weighted by atomic mass is 9.84. The van der Waals surface area contributed by atoms with Gasteiger partial charge in [0.25, 0.3) is 5.91 Å². The minimum atomic E-state index is -0.878. The molecule has 0 radical (unpaired) electrons. The summed E-state index contributed by atoms with van der Waals surface area (Å²) in [6, 6.07) is 5.02. The largest absolute Gasteiger partial charge is 0.480 e. The zero-order valence-corrected chi connectivity index (χ0v) is 13.0. The summed E-state index contributed by atoms with van der Waals surface area (Å²) in [5.74, 6) is -0.676. The van der Waals surface area contributed by atoms with Crippen molar-refractivity contribution in [3.63, 3.8) is 0 Å². The number of carbonyl (C=O) groups is 2. The van der Waals surface area contributed by atoms with Crippen LogP contribution in [0.25, 0.3) is 0 Å². The van der Waals surface area contributed by atoms with Crippen molar-refractivity contribution in [1.29, 1.82) is 0 Å². The lowest BCUT2D eigenvalue weighted by molar-refractivity contribution is -0.141. The Balaban J connectivity index is 1.66. The maximum absolute atomic E-state index is 13.0. The maximum atomic E-state index is 13.0. The number of amides is 1. The highest BCUT2D eigenvalue weighted by atomic mass is 16.5. The van der Waals surface area contributed by atoms with Crippen molar-refractivity contribution in [2.45, 2.75) is 57.4 Å². The molecule has 1 aliphatic carbocycles. The molecule has 1 saturated carbocycles. The minimum absolute atomic E-state index is 0.0851. The first-order chi connectivity index (χ1) is 11.1. The molecule has 1 N–H and O–H groups in total. The summed E-state index contributed by atoms with van der Waals surface area (Å²) < 4.78 is 5.40. The molecule has 0 aromatic heterocycles. The van der Waals surface area contributed by atoms with Crippen molar-refractivity contribution in [1.82, 2.24) is 4.90 Å². The number of carbonyl (C=O) groups excluding carboxylic acids is 1. The van der Waals surface area contributed by atoms with E-state index in [1.807, 2.05) is 18.2 Å². The van der Waals surface area contributed by atoms with E-state index in [1.165, 1.54) is 0 Å². The quantitative estimate of drug-likeness (QED) is 0.911. The predicted molar refractivity (Wildman–Crippen MR) is 82.9 cm³/mol. The van der Waals surface area contributed by atoms with Gasteiger partial charge in [0, 0.05) is 11.6 Å². The van der Waals surface area contributed by atoms with Crippen LogP contribution in [-0.2, 0) is 22.7 Å². The summed E-state index contributed by atoms with van der Waals surface area (Å²) in [5, 5.41) is 9.57. The van der Waals surface area contributed by atoms with E-state index in [0.717, 1.165) is 36.8 Å². The molecule has 5 nitrogen and oxygen atoms in total. The highest BCUT2D eigenvalue weighted by molar-refractivity contribution is 5.97. The molecule has 4 rings (SSSR count). The summed E-state index contributed by atoms with van der Waals surface area (Å²) in [5.41, 5.74) is 2.75. The number of aliphatic carboxylic acids is 1. The van der Waals surface area contributed by atoms with Gasteiger partial charge < -0.3 is 14.7 Å². The number of carboxylic acid groups (broad SMARTS) is 1. The van der Waals surface area contributed by atoms with E-state index in [2.05, 4.69) is 0 Å². The van der Waals surface area contributed by atoms with Crippen molar-refractivity contribution < 1.29 is 19.4 Å². The molecular formula is C18H21NO4. The van der Waals surface area contributed by atoms with Gasteiger partial charge in [-0.2, -0.15) is 0 Å². The lowest BCUT2D eigenvalue weighted by Gasteiger charge is -2.33. The van der Waals surface area contributed by atoms with Crippen LogP contribution in [0.5, 0.6) is 0 Å². The van der Waals surface area contributed by atoms with Crippen LogP contribution in [0.4, 0.5) is 0 Å². The third-order valence-corrected chi connectivity index (χ3v) is 5.58. The molecular weight excluding hydrogens is 294 g/mol. The van der Waals surface area contributed by atoms with E-state index >= 15 is 0 Å². The molecule has 2 aliphatic heterocycles. The van der Waals surface area contributed by atoms with Crippen LogP contribution in [0.15, 0.2) is 18.2 Å². The molecule has 2 heterocycles. The predicted octanol–water partition coefficient (Wildman–Crippen LogP) is 2.57. The van der Waals surface area contributed by atoms with Crippen molar-refractivity contribution in [2.24, 2.45) is 5.92 Å². The van der Waals surface area contributed by atoms with Gasteiger partial charge in [-0.1, -0.05) is 18.9 Å². The first-order valence-corrected chi connectivity index (χ1v) is 8.40. The Kier molecular flexibility index (Phi) is 3.60. The van der Waals surface area contributed by atoms with Gasteiger partial charge in [-0.05, 0) is 48.4 Å². The average Bonchev–Trinajstić information content (AvgIpc) is 3.17. The normalized spacial score (nSPS) is 29.2. The van der Waals surface area contributed by atoms with Gasteiger partial charge >= 0.3 is 5.97 Å². The number of rotatable bonds is 2. The van der Waals surface area contributed by atoms with Gasteiger partial charge in [0.05, 0.1) is 13.2 Å². The fourth-order valence-electron chi connectivity index (χ4n) is 4.43. The van der Waals surface area contributed by atoms with Crippen molar-refractivity contribution in [3.05, 3.63) is 34.9 Å². The summed E-state index contributed by atoms with van der Waals surface area (Å²) in [6.07, 6.45) is 4.78. The first kappa shape index (κ1) is 14.7. The average molecular weight is 315 g/mol. The number of benzene rings is 1. The van der Waals surface area contributed by atoms with Gasteiger partial charge in [0.2, 0.25) is 0 Å². The third-order valence-electron chi connectivity index (χ3n) is 5.58. The topological polar surface area (TPSA) is 66.8 Å². The molecule has 1 amide bonds. The Hall–Kier alpha value is -1.88. The Bertz CT molecular complexity index is 656. The van der Waals surface area contributed by atoms with Gasteiger partial charge in [0.15, 0.2) is 0 Å². The van der Waals surface area contributed by atoms with E-state index in [0.29, 0.717) is 31.1 Å². The molecule has 5 heteroatoms. The smallest absolute Gasteiger partial charge is 0.326 e. The molecule has 0 spiro atoms.